The minimum atomic E-state index is -4.39. The first-order valence-electron chi connectivity index (χ1n) is 35.5. The van der Waals surface area contributed by atoms with Crippen molar-refractivity contribution >= 4 is 19.8 Å². The number of carbonyl (C=O) groups is 2. The summed E-state index contributed by atoms with van der Waals surface area (Å²) >= 11 is 0. The maximum atomic E-state index is 12.7. The molecule has 10 heteroatoms. The Kier molecular flexibility index (Phi) is 65.9. The zero-order valence-corrected chi connectivity index (χ0v) is 54.7. The summed E-state index contributed by atoms with van der Waals surface area (Å²) in [4.78, 5) is 35.3. The van der Waals surface area contributed by atoms with Crippen molar-refractivity contribution in [1.29, 1.82) is 0 Å². The number of allylic oxidation sites excluding steroid dienone is 6. The highest BCUT2D eigenvalue weighted by atomic mass is 31.2. The number of hydrogen-bond donors (Lipinski definition) is 2. The molecule has 0 radical (unpaired) electrons. The summed E-state index contributed by atoms with van der Waals surface area (Å²) in [5, 5.41) is 0. The molecule has 2 atom stereocenters. The van der Waals surface area contributed by atoms with Gasteiger partial charge in [0.2, 0.25) is 0 Å². The zero-order chi connectivity index (χ0) is 58.7. The van der Waals surface area contributed by atoms with Crippen LogP contribution in [0, 0.1) is 0 Å². The number of hydrogen-bond acceptors (Lipinski definition) is 8. The number of ether oxygens (including phenoxy) is 2. The van der Waals surface area contributed by atoms with Crippen LogP contribution in [0.3, 0.4) is 0 Å². The van der Waals surface area contributed by atoms with E-state index in [1.165, 1.54) is 302 Å². The molecule has 0 aromatic carbocycles. The summed E-state index contributed by atoms with van der Waals surface area (Å²) in [5.74, 6) is -0.810. The molecule has 2 unspecified atom stereocenters. The number of unbranched alkanes of at least 4 members (excludes halogenated alkanes) is 49. The van der Waals surface area contributed by atoms with E-state index in [0.717, 1.165) is 38.5 Å². The van der Waals surface area contributed by atoms with Gasteiger partial charge in [0.1, 0.15) is 6.61 Å². The van der Waals surface area contributed by atoms with Gasteiger partial charge in [-0.25, -0.2) is 4.57 Å². The fraction of sp³-hybridized carbons (Fsp3) is 0.887. The van der Waals surface area contributed by atoms with Crippen molar-refractivity contribution < 1.29 is 37.6 Å². The van der Waals surface area contributed by atoms with Crippen LogP contribution in [0.4, 0.5) is 0 Å². The fourth-order valence-electron chi connectivity index (χ4n) is 10.7. The quantitative estimate of drug-likeness (QED) is 0.0264. The van der Waals surface area contributed by atoms with Crippen LogP contribution >= 0.6 is 7.82 Å². The largest absolute Gasteiger partial charge is 0.472 e. The average Bonchev–Trinajstić information content (AvgIpc) is 3.46. The molecule has 0 aromatic rings. The van der Waals surface area contributed by atoms with E-state index >= 15 is 0 Å². The summed E-state index contributed by atoms with van der Waals surface area (Å²) in [6.07, 6.45) is 84.1. The summed E-state index contributed by atoms with van der Waals surface area (Å²) in [6, 6.07) is 0. The number of phosphoric ester groups is 1. The van der Waals surface area contributed by atoms with Gasteiger partial charge in [0, 0.05) is 19.4 Å². The number of rotatable bonds is 68. The Morgan fingerprint density at radius 3 is 0.951 bits per heavy atom. The van der Waals surface area contributed by atoms with E-state index < -0.39 is 26.5 Å². The molecule has 0 heterocycles. The third-order valence-corrected chi connectivity index (χ3v) is 17.0. The number of carbonyl (C=O) groups excluding carboxylic acids is 2. The summed E-state index contributed by atoms with van der Waals surface area (Å²) < 4.78 is 33.1. The lowest BCUT2D eigenvalue weighted by molar-refractivity contribution is -0.161. The van der Waals surface area contributed by atoms with Gasteiger partial charge in [-0.3, -0.25) is 18.6 Å². The van der Waals surface area contributed by atoms with Crippen molar-refractivity contribution in [2.45, 2.75) is 380 Å². The molecule has 0 aliphatic carbocycles. The lowest BCUT2D eigenvalue weighted by atomic mass is 10.0. The van der Waals surface area contributed by atoms with Gasteiger partial charge in [0.25, 0.3) is 0 Å². The molecule has 0 saturated heterocycles. The van der Waals surface area contributed by atoms with Crippen LogP contribution in [-0.4, -0.2) is 49.3 Å². The highest BCUT2D eigenvalue weighted by Gasteiger charge is 2.26. The summed E-state index contributed by atoms with van der Waals surface area (Å²) in [7, 11) is -4.39. The Morgan fingerprint density at radius 1 is 0.370 bits per heavy atom. The predicted molar refractivity (Wildman–Crippen MR) is 349 cm³/mol. The molecule has 0 fully saturated rings. The van der Waals surface area contributed by atoms with E-state index in [4.69, 9.17) is 24.3 Å². The minimum absolute atomic E-state index is 0.0557. The van der Waals surface area contributed by atoms with Crippen LogP contribution in [-0.2, 0) is 32.7 Å². The molecule has 0 bridgehead atoms. The van der Waals surface area contributed by atoms with E-state index in [2.05, 4.69) is 50.3 Å². The van der Waals surface area contributed by atoms with Gasteiger partial charge in [-0.15, -0.1) is 0 Å². The highest BCUT2D eigenvalue weighted by Crippen LogP contribution is 2.43. The maximum Gasteiger partial charge on any atom is 0.472 e. The van der Waals surface area contributed by atoms with Crippen LogP contribution in [0.2, 0.25) is 0 Å². The van der Waals surface area contributed by atoms with E-state index in [1.54, 1.807) is 0 Å². The van der Waals surface area contributed by atoms with Gasteiger partial charge in [-0.2, -0.15) is 0 Å². The Labute approximate surface area is 503 Å². The number of esters is 2. The minimum Gasteiger partial charge on any atom is -0.462 e. The highest BCUT2D eigenvalue weighted by molar-refractivity contribution is 7.47. The molecule has 478 valence electrons. The molecule has 3 N–H and O–H groups in total. The van der Waals surface area contributed by atoms with Gasteiger partial charge in [-0.1, -0.05) is 326 Å². The van der Waals surface area contributed by atoms with Crippen LogP contribution in [0.5, 0.6) is 0 Å². The molecule has 81 heavy (non-hydrogen) atoms. The molecule has 0 spiro atoms. The summed E-state index contributed by atoms with van der Waals surface area (Å²) in [6.45, 7) is 3.79. The Hall–Kier alpha value is -1.77. The normalized spacial score (nSPS) is 13.1. The third-order valence-electron chi connectivity index (χ3n) is 16.0. The van der Waals surface area contributed by atoms with Crippen LogP contribution in [0.1, 0.15) is 373 Å². The van der Waals surface area contributed by atoms with Gasteiger partial charge < -0.3 is 20.1 Å². The Balaban J connectivity index is 3.73. The van der Waals surface area contributed by atoms with Crippen molar-refractivity contribution in [2.24, 2.45) is 5.73 Å². The molecule has 0 aromatic heterocycles. The van der Waals surface area contributed by atoms with Crippen LogP contribution < -0.4 is 5.73 Å². The fourth-order valence-corrected chi connectivity index (χ4v) is 11.5. The van der Waals surface area contributed by atoms with Crippen molar-refractivity contribution in [3.63, 3.8) is 0 Å². The first kappa shape index (κ1) is 79.2. The standard InChI is InChI=1S/C71H136NO8P/c1-3-5-7-9-11-13-15-17-19-21-23-24-25-26-27-28-29-30-31-32-33-34-35-36-37-38-39-40-41-42-43-44-46-48-50-52-54-56-58-60-62-64-71(74)80-69(68-79-81(75,76)78-66-65-72)67-77-70(73)63-61-59-57-55-53-51-49-47-45-22-20-18-16-14-12-10-8-6-4-2/h15,17-18,20-21,23,69H,3-14,16,19,22,24-68,72H2,1-2H3,(H,75,76)/b17-15-,20-18-,23-21-. The Bertz CT molecular complexity index is 1420. The lowest BCUT2D eigenvalue weighted by Gasteiger charge is -2.19. The molecular weight excluding hydrogens is 1030 g/mol. The SMILES string of the molecule is CCCCCCC/C=C\C/C=C\CCCCCCCCCCCCCCCCCCCCCCCCCCCCCCCC(=O)OC(COC(=O)CCCCCCCCCCC/C=C\CCCCCCCC)COP(=O)(O)OCCN. The molecule has 0 rings (SSSR count). The summed E-state index contributed by atoms with van der Waals surface area (Å²) in [5.41, 5.74) is 5.40. The monoisotopic (exact) mass is 1160 g/mol. The second-order valence-corrected chi connectivity index (χ2v) is 25.6. The van der Waals surface area contributed by atoms with Crippen molar-refractivity contribution in [3.8, 4) is 0 Å². The molecule has 0 amide bonds. The zero-order valence-electron chi connectivity index (χ0n) is 53.8. The first-order valence-corrected chi connectivity index (χ1v) is 37.0. The smallest absolute Gasteiger partial charge is 0.462 e. The molecule has 0 aliphatic rings. The lowest BCUT2D eigenvalue weighted by Crippen LogP contribution is -2.29. The molecule has 9 nitrogen and oxygen atoms in total. The van der Waals surface area contributed by atoms with E-state index in [-0.39, 0.29) is 38.6 Å². The second-order valence-electron chi connectivity index (χ2n) is 24.1. The topological polar surface area (TPSA) is 134 Å². The van der Waals surface area contributed by atoms with E-state index in [9.17, 15) is 19.0 Å². The first-order chi connectivity index (χ1) is 39.8. The number of phosphoric acid groups is 1. The van der Waals surface area contributed by atoms with Gasteiger partial charge in [0.15, 0.2) is 6.10 Å². The third kappa shape index (κ3) is 67.2. The predicted octanol–water partition coefficient (Wildman–Crippen LogP) is 23.1. The van der Waals surface area contributed by atoms with Crippen molar-refractivity contribution in [3.05, 3.63) is 36.5 Å². The van der Waals surface area contributed by atoms with E-state index in [1.807, 2.05) is 0 Å². The van der Waals surface area contributed by atoms with Crippen molar-refractivity contribution in [1.82, 2.24) is 0 Å². The van der Waals surface area contributed by atoms with Gasteiger partial charge in [0.05, 0.1) is 13.2 Å². The number of nitrogens with two attached hydrogens (primary N) is 1. The second kappa shape index (κ2) is 67.4. The molecule has 0 aliphatic heterocycles. The average molecular weight is 1160 g/mol. The van der Waals surface area contributed by atoms with Gasteiger partial charge >= 0.3 is 19.8 Å². The van der Waals surface area contributed by atoms with Gasteiger partial charge in [-0.05, 0) is 70.6 Å². The van der Waals surface area contributed by atoms with Crippen molar-refractivity contribution in [2.75, 3.05) is 26.4 Å². The molecule has 0 saturated carbocycles. The van der Waals surface area contributed by atoms with E-state index in [0.29, 0.717) is 6.42 Å². The maximum absolute atomic E-state index is 12.7. The van der Waals surface area contributed by atoms with Crippen LogP contribution in [0.15, 0.2) is 36.5 Å². The molecular formula is C71H136NO8P. The van der Waals surface area contributed by atoms with Crippen LogP contribution in [0.25, 0.3) is 0 Å². The Morgan fingerprint density at radius 2 is 0.642 bits per heavy atom.